The minimum absolute atomic E-state index is 0.0452. The van der Waals surface area contributed by atoms with Crippen LogP contribution in [0.15, 0.2) is 15.6 Å². The van der Waals surface area contributed by atoms with Crippen molar-refractivity contribution in [3.63, 3.8) is 0 Å². The Bertz CT molecular complexity index is 623. The van der Waals surface area contributed by atoms with Gasteiger partial charge in [0.25, 0.3) is 0 Å². The van der Waals surface area contributed by atoms with E-state index in [1.165, 1.54) is 4.90 Å². The second kappa shape index (κ2) is 11.7. The van der Waals surface area contributed by atoms with Crippen LogP contribution in [-0.4, -0.2) is 86.9 Å². The zero-order valence-corrected chi connectivity index (χ0v) is 17.5. The Balaban J connectivity index is 1.82. The summed E-state index contributed by atoms with van der Waals surface area (Å²) < 4.78 is 10.7. The number of carbonyl (C=O) groups excluding carboxylic acids is 1. The molecule has 1 fully saturated rings. The number of hydrogen-bond acceptors (Lipinski definition) is 6. The lowest BCUT2D eigenvalue weighted by atomic mass is 10.1. The van der Waals surface area contributed by atoms with Crippen LogP contribution in [0.3, 0.4) is 0 Å². The summed E-state index contributed by atoms with van der Waals surface area (Å²) in [6.07, 6.45) is 0.988. The molecule has 0 unspecified atom stereocenters. The number of carbonyl (C=O) groups is 1. The molecule has 0 aromatic carbocycles. The predicted molar refractivity (Wildman–Crippen MR) is 108 cm³/mol. The van der Waals surface area contributed by atoms with Crippen molar-refractivity contribution in [1.29, 1.82) is 0 Å². The van der Waals surface area contributed by atoms with Gasteiger partial charge in [0.15, 0.2) is 11.7 Å². The molecule has 2 N–H and O–H groups in total. The molecule has 0 aliphatic carbocycles. The Morgan fingerprint density at radius 1 is 1.32 bits per heavy atom. The van der Waals surface area contributed by atoms with Crippen LogP contribution < -0.4 is 10.6 Å². The van der Waals surface area contributed by atoms with Crippen LogP contribution in [-0.2, 0) is 16.1 Å². The molecule has 9 heteroatoms. The van der Waals surface area contributed by atoms with Gasteiger partial charge in [-0.25, -0.2) is 4.99 Å². The number of nitrogens with zero attached hydrogens (tertiary/aromatic N) is 4. The molecule has 0 bridgehead atoms. The molecule has 158 valence electrons. The van der Waals surface area contributed by atoms with Gasteiger partial charge in [-0.1, -0.05) is 19.0 Å². The minimum Gasteiger partial charge on any atom is -0.379 e. The SMILES string of the molecule is CC(C)c1cc(CNC(=NCC(=O)N(C)C)NCCCN2CCOCC2)on1. The molecule has 0 spiro atoms. The molecule has 9 nitrogen and oxygen atoms in total. The summed E-state index contributed by atoms with van der Waals surface area (Å²) in [4.78, 5) is 20.2. The maximum atomic E-state index is 11.9. The molecule has 1 aliphatic heterocycles. The summed E-state index contributed by atoms with van der Waals surface area (Å²) in [5.41, 5.74) is 0.927. The Morgan fingerprint density at radius 2 is 2.07 bits per heavy atom. The number of guanidine groups is 1. The maximum Gasteiger partial charge on any atom is 0.243 e. The van der Waals surface area contributed by atoms with Crippen molar-refractivity contribution < 1.29 is 14.1 Å². The Hall–Kier alpha value is -2.13. The first kappa shape index (κ1) is 22.2. The lowest BCUT2D eigenvalue weighted by Gasteiger charge is -2.26. The van der Waals surface area contributed by atoms with E-state index in [4.69, 9.17) is 9.26 Å². The molecule has 0 atom stereocenters. The summed E-state index contributed by atoms with van der Waals surface area (Å²) in [5.74, 6) is 1.61. The fourth-order valence-electron chi connectivity index (χ4n) is 2.65. The highest BCUT2D eigenvalue weighted by molar-refractivity contribution is 5.84. The van der Waals surface area contributed by atoms with Crippen molar-refractivity contribution in [2.45, 2.75) is 32.7 Å². The third-order valence-electron chi connectivity index (χ3n) is 4.52. The first-order chi connectivity index (χ1) is 13.5. The van der Waals surface area contributed by atoms with Gasteiger partial charge in [0.1, 0.15) is 6.54 Å². The smallest absolute Gasteiger partial charge is 0.243 e. The molecular weight excluding hydrogens is 360 g/mol. The average Bonchev–Trinajstić information content (AvgIpc) is 3.16. The monoisotopic (exact) mass is 394 g/mol. The number of aliphatic imine (C=N–C) groups is 1. The van der Waals surface area contributed by atoms with E-state index in [-0.39, 0.29) is 12.5 Å². The molecule has 1 aromatic rings. The molecule has 2 rings (SSSR count). The van der Waals surface area contributed by atoms with E-state index in [1.54, 1.807) is 14.1 Å². The van der Waals surface area contributed by atoms with Crippen molar-refractivity contribution in [3.05, 3.63) is 17.5 Å². The summed E-state index contributed by atoms with van der Waals surface area (Å²) in [6, 6.07) is 1.94. The second-order valence-electron chi connectivity index (χ2n) is 7.41. The van der Waals surface area contributed by atoms with Gasteiger partial charge in [0.2, 0.25) is 5.91 Å². The quantitative estimate of drug-likeness (QED) is 0.361. The van der Waals surface area contributed by atoms with Crippen LogP contribution in [0.25, 0.3) is 0 Å². The topological polar surface area (TPSA) is 95.2 Å². The van der Waals surface area contributed by atoms with Crippen LogP contribution in [0.4, 0.5) is 0 Å². The maximum absolute atomic E-state index is 11.9. The zero-order valence-electron chi connectivity index (χ0n) is 17.5. The Labute approximate surface area is 167 Å². The summed E-state index contributed by atoms with van der Waals surface area (Å²) in [7, 11) is 3.45. The summed E-state index contributed by atoms with van der Waals surface area (Å²) in [5, 5.41) is 10.6. The molecule has 2 heterocycles. The molecule has 1 aliphatic rings. The van der Waals surface area contributed by atoms with Gasteiger partial charge >= 0.3 is 0 Å². The number of ether oxygens (including phenoxy) is 1. The van der Waals surface area contributed by atoms with Crippen molar-refractivity contribution >= 4 is 11.9 Å². The van der Waals surface area contributed by atoms with E-state index in [2.05, 4.69) is 39.5 Å². The summed E-state index contributed by atoms with van der Waals surface area (Å²) in [6.45, 7) is 10.1. The highest BCUT2D eigenvalue weighted by Gasteiger charge is 2.11. The molecule has 1 saturated heterocycles. The molecular formula is C19H34N6O3. The number of hydrogen-bond donors (Lipinski definition) is 2. The standard InChI is InChI=1S/C19H34N6O3/c1-15(2)17-12-16(28-23-17)13-21-19(22-14-18(26)24(3)4)20-6-5-7-25-8-10-27-11-9-25/h12,15H,5-11,13-14H2,1-4H3,(H2,20,21,22). The van der Waals surface area contributed by atoms with Gasteiger partial charge in [-0.15, -0.1) is 0 Å². The highest BCUT2D eigenvalue weighted by atomic mass is 16.5. The van der Waals surface area contributed by atoms with E-state index in [9.17, 15) is 4.79 Å². The molecule has 0 radical (unpaired) electrons. The Kier molecular flexibility index (Phi) is 9.22. The van der Waals surface area contributed by atoms with Gasteiger partial charge in [-0.3, -0.25) is 9.69 Å². The van der Waals surface area contributed by atoms with Crippen molar-refractivity contribution in [2.24, 2.45) is 4.99 Å². The van der Waals surface area contributed by atoms with Crippen LogP contribution in [0.2, 0.25) is 0 Å². The minimum atomic E-state index is -0.0452. The van der Waals surface area contributed by atoms with E-state index < -0.39 is 0 Å². The predicted octanol–water partition coefficient (Wildman–Crippen LogP) is 0.644. The number of amides is 1. The lowest BCUT2D eigenvalue weighted by Crippen LogP contribution is -2.41. The van der Waals surface area contributed by atoms with Gasteiger partial charge in [0, 0.05) is 39.8 Å². The fraction of sp³-hybridized carbons (Fsp3) is 0.737. The third kappa shape index (κ3) is 7.85. The average molecular weight is 395 g/mol. The molecule has 28 heavy (non-hydrogen) atoms. The van der Waals surface area contributed by atoms with E-state index in [0.717, 1.165) is 57.3 Å². The van der Waals surface area contributed by atoms with E-state index in [0.29, 0.717) is 18.4 Å². The highest BCUT2D eigenvalue weighted by Crippen LogP contribution is 2.13. The van der Waals surface area contributed by atoms with Crippen molar-refractivity contribution in [2.75, 3.05) is 60.0 Å². The number of nitrogens with one attached hydrogen (secondary N) is 2. The van der Waals surface area contributed by atoms with Crippen LogP contribution in [0.1, 0.15) is 37.6 Å². The molecule has 1 amide bonds. The first-order valence-corrected chi connectivity index (χ1v) is 9.93. The second-order valence-corrected chi connectivity index (χ2v) is 7.41. The largest absolute Gasteiger partial charge is 0.379 e. The molecule has 0 saturated carbocycles. The Morgan fingerprint density at radius 3 is 2.71 bits per heavy atom. The number of likely N-dealkylation sites (N-methyl/N-ethyl adjacent to an activating group) is 1. The number of rotatable bonds is 9. The van der Waals surface area contributed by atoms with Gasteiger partial charge in [-0.05, 0) is 18.9 Å². The van der Waals surface area contributed by atoms with Crippen molar-refractivity contribution in [1.82, 2.24) is 25.6 Å². The van der Waals surface area contributed by atoms with Gasteiger partial charge < -0.3 is 24.8 Å². The molecule has 1 aromatic heterocycles. The van der Waals surface area contributed by atoms with Crippen molar-refractivity contribution in [3.8, 4) is 0 Å². The third-order valence-corrected chi connectivity index (χ3v) is 4.52. The van der Waals surface area contributed by atoms with Gasteiger partial charge in [0.05, 0.1) is 25.5 Å². The fourth-order valence-corrected chi connectivity index (χ4v) is 2.65. The zero-order chi connectivity index (χ0) is 20.4. The van der Waals surface area contributed by atoms with Crippen LogP contribution in [0, 0.1) is 0 Å². The number of aromatic nitrogens is 1. The van der Waals surface area contributed by atoms with E-state index in [1.807, 2.05) is 6.07 Å². The summed E-state index contributed by atoms with van der Waals surface area (Å²) >= 11 is 0. The first-order valence-electron chi connectivity index (χ1n) is 9.93. The van der Waals surface area contributed by atoms with Gasteiger partial charge in [-0.2, -0.15) is 0 Å². The van der Waals surface area contributed by atoms with E-state index >= 15 is 0 Å². The lowest BCUT2D eigenvalue weighted by molar-refractivity contribution is -0.127. The van der Waals surface area contributed by atoms with Crippen LogP contribution in [0.5, 0.6) is 0 Å². The number of morpholine rings is 1. The normalized spacial score (nSPS) is 15.7. The van der Waals surface area contributed by atoms with Crippen LogP contribution >= 0.6 is 0 Å².